The third-order valence-corrected chi connectivity index (χ3v) is 3.88. The van der Waals surface area contributed by atoms with Gasteiger partial charge in [-0.2, -0.15) is 4.98 Å². The number of aromatic nitrogens is 2. The van der Waals surface area contributed by atoms with E-state index in [-0.39, 0.29) is 0 Å². The van der Waals surface area contributed by atoms with E-state index in [9.17, 15) is 0 Å². The minimum Gasteiger partial charge on any atom is -0.471 e. The largest absolute Gasteiger partial charge is 0.471 e. The Hall–Kier alpha value is -2.14. The second kappa shape index (κ2) is 6.54. The number of hydrogen-bond donors (Lipinski definition) is 1. The first-order chi connectivity index (χ1) is 10.4. The average molecular weight is 299 g/mol. The predicted octanol–water partition coefficient (Wildman–Crippen LogP) is 4.09. The summed E-state index contributed by atoms with van der Waals surface area (Å²) in [4.78, 5) is 10.2. The van der Waals surface area contributed by atoms with Crippen LogP contribution in [-0.4, -0.2) is 16.5 Å². The van der Waals surface area contributed by atoms with Crippen molar-refractivity contribution in [2.45, 2.75) is 20.0 Å². The summed E-state index contributed by atoms with van der Waals surface area (Å²) in [6, 6.07) is 12.0. The van der Waals surface area contributed by atoms with Crippen molar-refractivity contribution in [2.75, 3.05) is 11.9 Å². The lowest BCUT2D eigenvalue weighted by Gasteiger charge is -2.10. The number of rotatable bonds is 6. The number of para-hydroxylation sites is 1. The second-order valence-electron chi connectivity index (χ2n) is 4.66. The van der Waals surface area contributed by atoms with Gasteiger partial charge < -0.3 is 10.1 Å². The molecule has 0 spiro atoms. The Bertz CT molecular complexity index is 713. The number of ether oxygens (including phenoxy) is 1. The summed E-state index contributed by atoms with van der Waals surface area (Å²) >= 11 is 1.68. The van der Waals surface area contributed by atoms with Gasteiger partial charge in [0.1, 0.15) is 6.61 Å². The zero-order chi connectivity index (χ0) is 14.5. The molecule has 0 bridgehead atoms. The molecule has 0 aliphatic rings. The first kappa shape index (κ1) is 13.8. The van der Waals surface area contributed by atoms with Gasteiger partial charge in [0.15, 0.2) is 0 Å². The monoisotopic (exact) mass is 299 g/mol. The number of fused-ring (bicyclic) bond motifs is 1. The number of hydrogen-bond acceptors (Lipinski definition) is 5. The Morgan fingerprint density at radius 2 is 2.05 bits per heavy atom. The van der Waals surface area contributed by atoms with Crippen LogP contribution in [0.5, 0.6) is 5.88 Å². The molecule has 0 radical (unpaired) electrons. The Morgan fingerprint density at radius 3 is 2.86 bits per heavy atom. The summed E-state index contributed by atoms with van der Waals surface area (Å²) < 4.78 is 5.90. The lowest BCUT2D eigenvalue weighted by Crippen LogP contribution is -2.06. The van der Waals surface area contributed by atoms with Crippen LogP contribution < -0.4 is 10.1 Å². The van der Waals surface area contributed by atoms with Crippen LogP contribution in [0.1, 0.15) is 18.2 Å². The highest BCUT2D eigenvalue weighted by molar-refractivity contribution is 7.09. The molecule has 3 aromatic rings. The maximum atomic E-state index is 5.90. The van der Waals surface area contributed by atoms with Gasteiger partial charge in [-0.3, -0.25) is 0 Å². The SMILES string of the molecule is CCCNc1nc(OCc2cccs2)c2ccccc2n1. The van der Waals surface area contributed by atoms with Gasteiger partial charge in [-0.15, -0.1) is 11.3 Å². The average Bonchev–Trinajstić information content (AvgIpc) is 3.04. The van der Waals surface area contributed by atoms with E-state index in [1.165, 1.54) is 4.88 Å². The van der Waals surface area contributed by atoms with Crippen LogP contribution in [-0.2, 0) is 6.61 Å². The van der Waals surface area contributed by atoms with Crippen molar-refractivity contribution in [3.63, 3.8) is 0 Å². The van der Waals surface area contributed by atoms with Gasteiger partial charge in [-0.1, -0.05) is 25.1 Å². The standard InChI is InChI=1S/C16H17N3OS/c1-2-9-17-16-18-14-8-4-3-7-13(14)15(19-16)20-11-12-6-5-10-21-12/h3-8,10H,2,9,11H2,1H3,(H,17,18,19). The third-order valence-electron chi connectivity index (χ3n) is 3.03. The van der Waals surface area contributed by atoms with E-state index in [2.05, 4.69) is 28.3 Å². The normalized spacial score (nSPS) is 10.7. The fourth-order valence-corrected chi connectivity index (χ4v) is 2.62. The molecule has 0 aliphatic carbocycles. The van der Waals surface area contributed by atoms with Crippen molar-refractivity contribution >= 4 is 28.2 Å². The molecular weight excluding hydrogens is 282 g/mol. The third kappa shape index (κ3) is 3.31. The summed E-state index contributed by atoms with van der Waals surface area (Å²) in [6.45, 7) is 3.50. The van der Waals surface area contributed by atoms with Crippen LogP contribution in [0.25, 0.3) is 10.9 Å². The minimum atomic E-state index is 0.534. The quantitative estimate of drug-likeness (QED) is 0.744. The van der Waals surface area contributed by atoms with Crippen LogP contribution in [0.2, 0.25) is 0 Å². The van der Waals surface area contributed by atoms with Gasteiger partial charge >= 0.3 is 0 Å². The molecular formula is C16H17N3OS. The molecule has 0 aliphatic heterocycles. The van der Waals surface area contributed by atoms with Crippen molar-refractivity contribution in [3.8, 4) is 5.88 Å². The van der Waals surface area contributed by atoms with Gasteiger partial charge in [0.05, 0.1) is 10.9 Å². The van der Waals surface area contributed by atoms with Crippen LogP contribution in [0, 0.1) is 0 Å². The molecule has 4 nitrogen and oxygen atoms in total. The molecule has 108 valence electrons. The fourth-order valence-electron chi connectivity index (χ4n) is 2.01. The van der Waals surface area contributed by atoms with Crippen molar-refractivity contribution < 1.29 is 4.74 Å². The highest BCUT2D eigenvalue weighted by Crippen LogP contribution is 2.25. The molecule has 2 heterocycles. The van der Waals surface area contributed by atoms with Gasteiger partial charge in [0, 0.05) is 11.4 Å². The zero-order valence-electron chi connectivity index (χ0n) is 11.9. The van der Waals surface area contributed by atoms with Crippen molar-refractivity contribution in [1.29, 1.82) is 0 Å². The highest BCUT2D eigenvalue weighted by atomic mass is 32.1. The van der Waals surface area contributed by atoms with Crippen molar-refractivity contribution in [1.82, 2.24) is 9.97 Å². The minimum absolute atomic E-state index is 0.534. The van der Waals surface area contributed by atoms with Crippen molar-refractivity contribution in [2.24, 2.45) is 0 Å². The van der Waals surface area contributed by atoms with Crippen LogP contribution in [0.3, 0.4) is 0 Å². The van der Waals surface area contributed by atoms with E-state index in [0.29, 0.717) is 18.4 Å². The molecule has 2 aromatic heterocycles. The van der Waals surface area contributed by atoms with E-state index in [4.69, 9.17) is 4.74 Å². The van der Waals surface area contributed by atoms with Gasteiger partial charge in [0.25, 0.3) is 0 Å². The molecule has 1 N–H and O–H groups in total. The molecule has 0 fully saturated rings. The lowest BCUT2D eigenvalue weighted by atomic mass is 10.2. The van der Waals surface area contributed by atoms with E-state index >= 15 is 0 Å². The van der Waals surface area contributed by atoms with Crippen LogP contribution in [0.15, 0.2) is 41.8 Å². The van der Waals surface area contributed by atoms with E-state index in [0.717, 1.165) is 23.9 Å². The molecule has 0 amide bonds. The van der Waals surface area contributed by atoms with Crippen molar-refractivity contribution in [3.05, 3.63) is 46.7 Å². The molecule has 3 rings (SSSR count). The van der Waals surface area contributed by atoms with E-state index in [1.807, 2.05) is 35.7 Å². The Kier molecular flexibility index (Phi) is 4.31. The van der Waals surface area contributed by atoms with E-state index < -0.39 is 0 Å². The highest BCUT2D eigenvalue weighted by Gasteiger charge is 2.08. The molecule has 1 aromatic carbocycles. The summed E-state index contributed by atoms with van der Waals surface area (Å²) in [7, 11) is 0. The summed E-state index contributed by atoms with van der Waals surface area (Å²) in [6.07, 6.45) is 1.03. The number of nitrogens with one attached hydrogen (secondary N) is 1. The fraction of sp³-hybridized carbons (Fsp3) is 0.250. The molecule has 0 saturated heterocycles. The first-order valence-corrected chi connectivity index (χ1v) is 7.90. The second-order valence-corrected chi connectivity index (χ2v) is 5.70. The van der Waals surface area contributed by atoms with E-state index in [1.54, 1.807) is 11.3 Å². The zero-order valence-corrected chi connectivity index (χ0v) is 12.7. The molecule has 0 saturated carbocycles. The molecule has 0 unspecified atom stereocenters. The molecule has 21 heavy (non-hydrogen) atoms. The van der Waals surface area contributed by atoms with Gasteiger partial charge in [-0.05, 0) is 30.0 Å². The lowest BCUT2D eigenvalue weighted by molar-refractivity contribution is 0.301. The number of thiophene rings is 1. The maximum Gasteiger partial charge on any atom is 0.226 e. The number of benzene rings is 1. The Balaban J connectivity index is 1.90. The summed E-state index contributed by atoms with van der Waals surface area (Å²) in [5.41, 5.74) is 0.896. The molecule has 5 heteroatoms. The van der Waals surface area contributed by atoms with Gasteiger partial charge in [-0.25, -0.2) is 4.98 Å². The summed E-state index contributed by atoms with van der Waals surface area (Å²) in [5, 5.41) is 6.21. The smallest absolute Gasteiger partial charge is 0.226 e. The Labute approximate surface area is 127 Å². The Morgan fingerprint density at radius 1 is 1.14 bits per heavy atom. The number of anilines is 1. The maximum absolute atomic E-state index is 5.90. The van der Waals surface area contributed by atoms with Gasteiger partial charge in [0.2, 0.25) is 11.8 Å². The topological polar surface area (TPSA) is 47.0 Å². The predicted molar refractivity (Wildman–Crippen MR) is 87.0 cm³/mol. The molecule has 0 atom stereocenters. The number of nitrogens with zero attached hydrogens (tertiary/aromatic N) is 2. The van der Waals surface area contributed by atoms with Crippen LogP contribution in [0.4, 0.5) is 5.95 Å². The summed E-state index contributed by atoms with van der Waals surface area (Å²) in [5.74, 6) is 1.25. The van der Waals surface area contributed by atoms with Crippen LogP contribution >= 0.6 is 11.3 Å². The first-order valence-electron chi connectivity index (χ1n) is 7.02.